The van der Waals surface area contributed by atoms with Crippen molar-refractivity contribution in [2.45, 2.75) is 57.2 Å². The van der Waals surface area contributed by atoms with E-state index in [1.807, 2.05) is 0 Å². The number of ether oxygens (including phenoxy) is 2. The van der Waals surface area contributed by atoms with Crippen molar-refractivity contribution in [3.8, 4) is 0 Å². The Morgan fingerprint density at radius 1 is 1.38 bits per heavy atom. The molecule has 2 N–H and O–H groups in total. The summed E-state index contributed by atoms with van der Waals surface area (Å²) in [7, 11) is 3.50. The Bertz CT molecular complexity index is 274. The maximum absolute atomic E-state index is 9.86. The van der Waals surface area contributed by atoms with Crippen molar-refractivity contribution in [2.75, 3.05) is 47.1 Å². The largest absolute Gasteiger partial charge is 0.394 e. The SMILES string of the molecule is CCNC1(CO)CCCC(N(CCOC)C(C)COC)C1. The molecule has 0 radical (unpaired) electrons. The number of likely N-dealkylation sites (N-methyl/N-ethyl adjacent to an activating group) is 1. The number of nitrogens with zero attached hydrogens (tertiary/aromatic N) is 1. The molecule has 0 amide bonds. The van der Waals surface area contributed by atoms with Crippen LogP contribution in [-0.4, -0.2) is 74.8 Å². The molecule has 1 saturated carbocycles. The van der Waals surface area contributed by atoms with E-state index in [9.17, 15) is 5.11 Å². The van der Waals surface area contributed by atoms with Crippen LogP contribution in [0.3, 0.4) is 0 Å². The standard InChI is InChI=1S/C16H34N2O3/c1-5-17-16(13-19)8-6-7-15(11-16)18(9-10-20-3)14(2)12-21-4/h14-15,17,19H,5-13H2,1-4H3. The van der Waals surface area contributed by atoms with Crippen LogP contribution in [0.5, 0.6) is 0 Å². The molecule has 126 valence electrons. The highest BCUT2D eigenvalue weighted by molar-refractivity contribution is 4.97. The monoisotopic (exact) mass is 302 g/mol. The van der Waals surface area contributed by atoms with Crippen LogP contribution in [0, 0.1) is 0 Å². The van der Waals surface area contributed by atoms with Crippen LogP contribution in [-0.2, 0) is 9.47 Å². The molecule has 0 heterocycles. The van der Waals surface area contributed by atoms with Gasteiger partial charge >= 0.3 is 0 Å². The molecule has 1 rings (SSSR count). The van der Waals surface area contributed by atoms with E-state index in [0.29, 0.717) is 12.1 Å². The zero-order valence-corrected chi connectivity index (χ0v) is 14.2. The minimum absolute atomic E-state index is 0.115. The Hall–Kier alpha value is -0.200. The maximum atomic E-state index is 9.86. The van der Waals surface area contributed by atoms with E-state index in [4.69, 9.17) is 9.47 Å². The Labute approximate surface area is 130 Å². The van der Waals surface area contributed by atoms with Crippen LogP contribution >= 0.6 is 0 Å². The van der Waals surface area contributed by atoms with E-state index in [0.717, 1.165) is 45.6 Å². The van der Waals surface area contributed by atoms with Gasteiger partial charge in [0.05, 0.1) is 19.8 Å². The average molecular weight is 302 g/mol. The highest BCUT2D eigenvalue weighted by atomic mass is 16.5. The Balaban J connectivity index is 2.75. The van der Waals surface area contributed by atoms with Gasteiger partial charge in [-0.1, -0.05) is 6.92 Å². The van der Waals surface area contributed by atoms with Gasteiger partial charge < -0.3 is 19.9 Å². The predicted molar refractivity (Wildman–Crippen MR) is 85.7 cm³/mol. The van der Waals surface area contributed by atoms with Crippen LogP contribution < -0.4 is 5.32 Å². The normalized spacial score (nSPS) is 28.0. The van der Waals surface area contributed by atoms with Crippen LogP contribution in [0.2, 0.25) is 0 Å². The van der Waals surface area contributed by atoms with Crippen molar-refractivity contribution >= 4 is 0 Å². The molecule has 5 heteroatoms. The fourth-order valence-electron chi connectivity index (χ4n) is 3.65. The summed E-state index contributed by atoms with van der Waals surface area (Å²) >= 11 is 0. The number of hydrogen-bond donors (Lipinski definition) is 2. The molecule has 0 aliphatic heterocycles. The third-order valence-corrected chi connectivity index (χ3v) is 4.67. The van der Waals surface area contributed by atoms with E-state index in [2.05, 4.69) is 24.1 Å². The molecule has 0 bridgehead atoms. The molecule has 0 aromatic heterocycles. The van der Waals surface area contributed by atoms with Gasteiger partial charge in [0.1, 0.15) is 0 Å². The number of nitrogens with one attached hydrogen (secondary N) is 1. The van der Waals surface area contributed by atoms with Crippen LogP contribution in [0.4, 0.5) is 0 Å². The number of aliphatic hydroxyl groups excluding tert-OH is 1. The summed E-state index contributed by atoms with van der Waals surface area (Å²) in [6.07, 6.45) is 4.39. The summed E-state index contributed by atoms with van der Waals surface area (Å²) < 4.78 is 10.6. The summed E-state index contributed by atoms with van der Waals surface area (Å²) in [5.41, 5.74) is -0.115. The highest BCUT2D eigenvalue weighted by Crippen LogP contribution is 2.32. The van der Waals surface area contributed by atoms with E-state index in [1.54, 1.807) is 14.2 Å². The lowest BCUT2D eigenvalue weighted by Crippen LogP contribution is -2.57. The van der Waals surface area contributed by atoms with Crippen LogP contribution in [0.15, 0.2) is 0 Å². The van der Waals surface area contributed by atoms with E-state index < -0.39 is 0 Å². The van der Waals surface area contributed by atoms with Crippen molar-refractivity contribution in [3.05, 3.63) is 0 Å². The molecule has 3 unspecified atom stereocenters. The van der Waals surface area contributed by atoms with Crippen molar-refractivity contribution in [2.24, 2.45) is 0 Å². The predicted octanol–water partition coefficient (Wildman–Crippen LogP) is 1.25. The fraction of sp³-hybridized carbons (Fsp3) is 1.00. The molecular weight excluding hydrogens is 268 g/mol. The first-order valence-corrected chi connectivity index (χ1v) is 8.22. The lowest BCUT2D eigenvalue weighted by molar-refractivity contribution is 0.00686. The lowest BCUT2D eigenvalue weighted by Gasteiger charge is -2.46. The number of aliphatic hydroxyl groups is 1. The van der Waals surface area contributed by atoms with E-state index in [1.165, 1.54) is 6.42 Å². The van der Waals surface area contributed by atoms with Gasteiger partial charge in [0.2, 0.25) is 0 Å². The minimum atomic E-state index is -0.115. The number of rotatable bonds is 10. The van der Waals surface area contributed by atoms with Gasteiger partial charge in [0, 0.05) is 38.4 Å². The summed E-state index contributed by atoms with van der Waals surface area (Å²) in [6.45, 7) is 7.82. The molecule has 1 aliphatic rings. The lowest BCUT2D eigenvalue weighted by atomic mass is 9.78. The van der Waals surface area contributed by atoms with Gasteiger partial charge in [-0.2, -0.15) is 0 Å². The van der Waals surface area contributed by atoms with Crippen LogP contribution in [0.1, 0.15) is 39.5 Å². The smallest absolute Gasteiger partial charge is 0.0615 e. The van der Waals surface area contributed by atoms with Crippen molar-refractivity contribution in [1.82, 2.24) is 10.2 Å². The third-order valence-electron chi connectivity index (χ3n) is 4.67. The molecule has 3 atom stereocenters. The number of hydrogen-bond acceptors (Lipinski definition) is 5. The maximum Gasteiger partial charge on any atom is 0.0615 e. The first kappa shape index (κ1) is 18.8. The van der Waals surface area contributed by atoms with Gasteiger partial charge in [-0.05, 0) is 39.2 Å². The topological polar surface area (TPSA) is 54.0 Å². The molecule has 1 aliphatic carbocycles. The molecule has 0 spiro atoms. The second kappa shape index (κ2) is 9.74. The molecule has 0 aromatic rings. The summed E-state index contributed by atoms with van der Waals surface area (Å²) in [5.74, 6) is 0. The van der Waals surface area contributed by atoms with Crippen molar-refractivity contribution in [1.29, 1.82) is 0 Å². The van der Waals surface area contributed by atoms with Gasteiger partial charge in [-0.15, -0.1) is 0 Å². The van der Waals surface area contributed by atoms with Gasteiger partial charge in [-0.3, -0.25) is 4.90 Å². The molecular formula is C16H34N2O3. The summed E-state index contributed by atoms with van der Waals surface area (Å²) in [4.78, 5) is 2.49. The van der Waals surface area contributed by atoms with Gasteiger partial charge in [0.15, 0.2) is 0 Å². The first-order valence-electron chi connectivity index (χ1n) is 8.22. The second-order valence-electron chi connectivity index (χ2n) is 6.25. The number of methoxy groups -OCH3 is 2. The Kier molecular flexibility index (Phi) is 8.74. The molecule has 1 fully saturated rings. The quantitative estimate of drug-likeness (QED) is 0.636. The molecule has 0 aromatic carbocycles. The molecule has 21 heavy (non-hydrogen) atoms. The highest BCUT2D eigenvalue weighted by Gasteiger charge is 2.38. The summed E-state index contributed by atoms with van der Waals surface area (Å²) in [5, 5.41) is 13.4. The van der Waals surface area contributed by atoms with E-state index in [-0.39, 0.29) is 12.1 Å². The molecule has 0 saturated heterocycles. The average Bonchev–Trinajstić information content (AvgIpc) is 2.48. The van der Waals surface area contributed by atoms with E-state index >= 15 is 0 Å². The minimum Gasteiger partial charge on any atom is -0.394 e. The van der Waals surface area contributed by atoms with Crippen molar-refractivity contribution in [3.63, 3.8) is 0 Å². The second-order valence-corrected chi connectivity index (χ2v) is 6.25. The first-order chi connectivity index (χ1) is 10.1. The van der Waals surface area contributed by atoms with Gasteiger partial charge in [0.25, 0.3) is 0 Å². The summed E-state index contributed by atoms with van der Waals surface area (Å²) in [6, 6.07) is 0.844. The fourth-order valence-corrected chi connectivity index (χ4v) is 3.65. The Morgan fingerprint density at radius 2 is 2.14 bits per heavy atom. The van der Waals surface area contributed by atoms with Gasteiger partial charge in [-0.25, -0.2) is 0 Å². The van der Waals surface area contributed by atoms with Crippen LogP contribution in [0.25, 0.3) is 0 Å². The third kappa shape index (κ3) is 5.49. The zero-order valence-electron chi connectivity index (χ0n) is 14.2. The Morgan fingerprint density at radius 3 is 2.71 bits per heavy atom. The molecule has 5 nitrogen and oxygen atoms in total. The van der Waals surface area contributed by atoms with Crippen molar-refractivity contribution < 1.29 is 14.6 Å². The zero-order chi connectivity index (χ0) is 15.7.